The van der Waals surface area contributed by atoms with Gasteiger partial charge in [-0.1, -0.05) is 25.4 Å². The van der Waals surface area contributed by atoms with E-state index in [9.17, 15) is 28.2 Å². The van der Waals surface area contributed by atoms with Gasteiger partial charge in [-0.3, -0.25) is 4.79 Å². The maximum absolute atomic E-state index is 13.0. The fraction of sp³-hybridized carbons (Fsp3) is 0.391. The number of rotatable bonds is 5. The van der Waals surface area contributed by atoms with Crippen LogP contribution in [0.15, 0.2) is 36.7 Å². The third kappa shape index (κ3) is 5.41. The number of carbonyl (C=O) groups is 1. The molecule has 1 aliphatic carbocycles. The molecule has 0 unspecified atom stereocenters. The molecule has 2 heterocycles. The third-order valence-corrected chi connectivity index (χ3v) is 7.58. The summed E-state index contributed by atoms with van der Waals surface area (Å²) >= 11 is 7.51. The predicted molar refractivity (Wildman–Crippen MR) is 126 cm³/mol. The number of anilines is 2. The minimum atomic E-state index is -4.60. The first-order chi connectivity index (χ1) is 16.3. The summed E-state index contributed by atoms with van der Waals surface area (Å²) < 4.78 is 38.9. The highest BCUT2D eigenvalue weighted by molar-refractivity contribution is 7.15. The Morgan fingerprint density at radius 3 is 2.66 bits per heavy atom. The molecule has 1 fully saturated rings. The molecule has 0 bridgehead atoms. The van der Waals surface area contributed by atoms with Crippen LogP contribution in [0.2, 0.25) is 5.02 Å². The quantitative estimate of drug-likeness (QED) is 0.368. The number of carboxylic acid groups (broad SMARTS) is 1. The number of hydrogen-bond acceptors (Lipinski definition) is 7. The van der Waals surface area contributed by atoms with Crippen molar-refractivity contribution in [1.29, 1.82) is 0 Å². The summed E-state index contributed by atoms with van der Waals surface area (Å²) in [4.78, 5) is 24.0. The number of nitrogens with zero attached hydrogens (tertiary/aromatic N) is 3. The SMILES string of the molecule is CC1(C)C[C@](O)(c2ncc(-c3cc(Cl)cc(Nc4nccc(C(F)(F)F)n4)c3)s2)CC[C@H]1C(=O)O. The maximum atomic E-state index is 13.0. The van der Waals surface area contributed by atoms with Gasteiger partial charge in [0.2, 0.25) is 5.95 Å². The van der Waals surface area contributed by atoms with Crippen LogP contribution < -0.4 is 5.32 Å². The first-order valence-electron chi connectivity index (χ1n) is 10.7. The maximum Gasteiger partial charge on any atom is 0.433 e. The topological polar surface area (TPSA) is 108 Å². The molecule has 1 saturated carbocycles. The third-order valence-electron chi connectivity index (χ3n) is 6.12. The molecule has 186 valence electrons. The number of thiazole rings is 1. The second kappa shape index (κ2) is 9.03. The minimum absolute atomic E-state index is 0.232. The number of carboxylic acids is 1. The minimum Gasteiger partial charge on any atom is -0.481 e. The molecular formula is C23H22ClF3N4O3S. The average molecular weight is 527 g/mol. The highest BCUT2D eigenvalue weighted by Crippen LogP contribution is 2.51. The molecule has 0 saturated heterocycles. The van der Waals surface area contributed by atoms with E-state index >= 15 is 0 Å². The largest absolute Gasteiger partial charge is 0.481 e. The van der Waals surface area contributed by atoms with Gasteiger partial charge < -0.3 is 15.5 Å². The monoisotopic (exact) mass is 526 g/mol. The number of benzene rings is 1. The Bertz CT molecular complexity index is 1270. The van der Waals surface area contributed by atoms with Crippen molar-refractivity contribution in [3.05, 3.63) is 52.4 Å². The normalized spacial score (nSPS) is 22.1. The zero-order valence-electron chi connectivity index (χ0n) is 18.7. The summed E-state index contributed by atoms with van der Waals surface area (Å²) in [6.45, 7) is 3.66. The molecule has 7 nitrogen and oxygen atoms in total. The van der Waals surface area contributed by atoms with Gasteiger partial charge in [0.1, 0.15) is 16.3 Å². The Morgan fingerprint density at radius 2 is 2.00 bits per heavy atom. The van der Waals surface area contributed by atoms with Crippen LogP contribution in [0, 0.1) is 11.3 Å². The average Bonchev–Trinajstić information content (AvgIpc) is 3.23. The lowest BCUT2D eigenvalue weighted by Gasteiger charge is -2.44. The molecule has 4 rings (SSSR count). The summed E-state index contributed by atoms with van der Waals surface area (Å²) in [5.41, 5.74) is -1.94. The highest BCUT2D eigenvalue weighted by Gasteiger charge is 2.49. The summed E-state index contributed by atoms with van der Waals surface area (Å²) in [5, 5.41) is 24.4. The van der Waals surface area contributed by atoms with Crippen molar-refractivity contribution >= 4 is 40.5 Å². The van der Waals surface area contributed by atoms with Gasteiger partial charge >= 0.3 is 12.1 Å². The lowest BCUT2D eigenvalue weighted by atomic mass is 9.63. The zero-order valence-corrected chi connectivity index (χ0v) is 20.3. The number of aliphatic carboxylic acids is 1. The van der Waals surface area contributed by atoms with Gasteiger partial charge in [0.15, 0.2) is 0 Å². The zero-order chi connectivity index (χ0) is 25.6. The van der Waals surface area contributed by atoms with E-state index in [1.165, 1.54) is 17.4 Å². The van der Waals surface area contributed by atoms with Gasteiger partial charge in [-0.25, -0.2) is 15.0 Å². The lowest BCUT2D eigenvalue weighted by molar-refractivity contribution is -0.154. The number of nitrogens with one attached hydrogen (secondary N) is 1. The van der Waals surface area contributed by atoms with Crippen LogP contribution in [0.5, 0.6) is 0 Å². The number of aromatic nitrogens is 3. The standard InChI is InChI=1S/C23H22ClF3N4O3S/c1-21(2)11-22(34,5-3-15(21)18(32)33)19-29-10-16(35-19)12-7-13(24)9-14(8-12)30-20-28-6-4-17(31-20)23(25,26)27/h4,6-10,15,34H,3,5,11H2,1-2H3,(H,32,33)(H,28,30,31)/t15-,22-/m0/s1. The number of alkyl halides is 3. The van der Waals surface area contributed by atoms with E-state index in [4.69, 9.17) is 11.6 Å². The lowest BCUT2D eigenvalue weighted by Crippen LogP contribution is -2.44. The first-order valence-corrected chi connectivity index (χ1v) is 11.9. The smallest absolute Gasteiger partial charge is 0.433 e. The first kappa shape index (κ1) is 25.3. The van der Waals surface area contributed by atoms with E-state index in [0.29, 0.717) is 32.6 Å². The van der Waals surface area contributed by atoms with Crippen molar-refractivity contribution in [2.75, 3.05) is 5.32 Å². The van der Waals surface area contributed by atoms with Crippen LogP contribution in [0.1, 0.15) is 43.8 Å². The summed E-state index contributed by atoms with van der Waals surface area (Å²) in [6.07, 6.45) is -1.15. The summed E-state index contributed by atoms with van der Waals surface area (Å²) in [5.74, 6) is -1.66. The molecule has 0 aliphatic heterocycles. The Kier molecular flexibility index (Phi) is 6.54. The number of halogens is 4. The molecule has 0 amide bonds. The van der Waals surface area contributed by atoms with E-state index in [-0.39, 0.29) is 18.8 Å². The Labute approximate surface area is 208 Å². The molecule has 2 aromatic heterocycles. The van der Waals surface area contributed by atoms with E-state index < -0.39 is 34.8 Å². The van der Waals surface area contributed by atoms with Crippen LogP contribution in [0.3, 0.4) is 0 Å². The molecule has 0 spiro atoms. The van der Waals surface area contributed by atoms with Crippen molar-refractivity contribution < 1.29 is 28.2 Å². The molecule has 0 radical (unpaired) electrons. The molecule has 2 atom stereocenters. The Morgan fingerprint density at radius 1 is 1.26 bits per heavy atom. The molecule has 3 N–H and O–H groups in total. The van der Waals surface area contributed by atoms with Crippen molar-refractivity contribution in [3.8, 4) is 10.4 Å². The number of hydrogen-bond donors (Lipinski definition) is 3. The van der Waals surface area contributed by atoms with Gasteiger partial charge in [-0.15, -0.1) is 11.3 Å². The van der Waals surface area contributed by atoms with Crippen molar-refractivity contribution in [2.45, 2.75) is 44.9 Å². The summed E-state index contributed by atoms with van der Waals surface area (Å²) in [7, 11) is 0. The van der Waals surface area contributed by atoms with Gasteiger partial charge in [0.25, 0.3) is 0 Å². The van der Waals surface area contributed by atoms with Crippen LogP contribution in [0.4, 0.5) is 24.8 Å². The van der Waals surface area contributed by atoms with Crippen LogP contribution >= 0.6 is 22.9 Å². The van der Waals surface area contributed by atoms with E-state index in [2.05, 4.69) is 20.3 Å². The van der Waals surface area contributed by atoms with Crippen molar-refractivity contribution in [1.82, 2.24) is 15.0 Å². The van der Waals surface area contributed by atoms with Gasteiger partial charge in [0, 0.05) is 23.1 Å². The van der Waals surface area contributed by atoms with Gasteiger partial charge in [0.05, 0.1) is 10.8 Å². The molecule has 1 aromatic carbocycles. The van der Waals surface area contributed by atoms with Gasteiger partial charge in [-0.05, 0) is 54.5 Å². The fourth-order valence-electron chi connectivity index (χ4n) is 4.51. The second-order valence-corrected chi connectivity index (χ2v) is 10.7. The van der Waals surface area contributed by atoms with Crippen molar-refractivity contribution in [2.24, 2.45) is 11.3 Å². The van der Waals surface area contributed by atoms with Crippen molar-refractivity contribution in [3.63, 3.8) is 0 Å². The van der Waals surface area contributed by atoms with Gasteiger partial charge in [-0.2, -0.15) is 13.2 Å². The Balaban J connectivity index is 1.59. The van der Waals surface area contributed by atoms with E-state index in [1.807, 2.05) is 13.8 Å². The molecule has 1 aliphatic rings. The fourth-order valence-corrected chi connectivity index (χ4v) is 5.77. The van der Waals surface area contributed by atoms with Crippen LogP contribution in [-0.2, 0) is 16.6 Å². The second-order valence-electron chi connectivity index (χ2n) is 9.27. The molecular weight excluding hydrogens is 505 g/mol. The Hall–Kier alpha value is -2.76. The molecule has 35 heavy (non-hydrogen) atoms. The summed E-state index contributed by atoms with van der Waals surface area (Å²) in [6, 6.07) is 5.65. The van der Waals surface area contributed by atoms with E-state index in [1.54, 1.807) is 18.3 Å². The van der Waals surface area contributed by atoms with Crippen LogP contribution in [0.25, 0.3) is 10.4 Å². The molecule has 3 aromatic rings. The number of aliphatic hydroxyl groups is 1. The highest BCUT2D eigenvalue weighted by atomic mass is 35.5. The van der Waals surface area contributed by atoms with Crippen LogP contribution in [-0.4, -0.2) is 31.1 Å². The molecule has 12 heteroatoms. The predicted octanol–water partition coefficient (Wildman–Crippen LogP) is 6.11. The van der Waals surface area contributed by atoms with E-state index in [0.717, 1.165) is 12.3 Å².